The van der Waals surface area contributed by atoms with Gasteiger partial charge in [0.2, 0.25) is 5.43 Å². The van der Waals surface area contributed by atoms with Crippen molar-refractivity contribution in [2.45, 2.75) is 13.5 Å². The van der Waals surface area contributed by atoms with E-state index in [-0.39, 0.29) is 5.43 Å². The van der Waals surface area contributed by atoms with E-state index in [1.807, 2.05) is 11.5 Å². The maximum Gasteiger partial charge on any atom is 0.209 e. The van der Waals surface area contributed by atoms with E-state index >= 15 is 0 Å². The standard InChI is InChI=1S/C8H9N3O/c1-2-11-5-10-7-6(12)3-4-9-8(7)11/h3-5H,2H2,1H3,(H,9,12). The number of pyridine rings is 1. The van der Waals surface area contributed by atoms with Crippen LogP contribution in [-0.4, -0.2) is 14.5 Å². The van der Waals surface area contributed by atoms with Crippen molar-refractivity contribution in [2.75, 3.05) is 0 Å². The molecular formula is C8H9N3O. The summed E-state index contributed by atoms with van der Waals surface area (Å²) in [5, 5.41) is 0. The molecule has 0 aliphatic heterocycles. The molecule has 2 aromatic rings. The first kappa shape index (κ1) is 7.09. The summed E-state index contributed by atoms with van der Waals surface area (Å²) in [5.41, 5.74) is 1.28. The number of H-pyrrole nitrogens is 1. The molecule has 0 aliphatic rings. The van der Waals surface area contributed by atoms with Crippen LogP contribution in [0.5, 0.6) is 0 Å². The topological polar surface area (TPSA) is 50.7 Å². The predicted octanol–water partition coefficient (Wildman–Crippen LogP) is 0.744. The van der Waals surface area contributed by atoms with Gasteiger partial charge in [0.05, 0.1) is 6.33 Å². The van der Waals surface area contributed by atoms with E-state index in [9.17, 15) is 4.79 Å². The molecule has 0 saturated heterocycles. The Morgan fingerprint density at radius 3 is 3.25 bits per heavy atom. The Morgan fingerprint density at radius 2 is 2.50 bits per heavy atom. The summed E-state index contributed by atoms with van der Waals surface area (Å²) in [7, 11) is 0. The zero-order valence-electron chi connectivity index (χ0n) is 6.74. The highest BCUT2D eigenvalue weighted by Gasteiger charge is 2.02. The van der Waals surface area contributed by atoms with Gasteiger partial charge in [0.1, 0.15) is 5.65 Å². The minimum atomic E-state index is -0.0315. The number of nitrogens with one attached hydrogen (secondary N) is 1. The molecule has 0 aromatic carbocycles. The van der Waals surface area contributed by atoms with Gasteiger partial charge in [-0.25, -0.2) is 4.98 Å². The molecule has 2 rings (SSSR count). The Kier molecular flexibility index (Phi) is 1.46. The van der Waals surface area contributed by atoms with Gasteiger partial charge in [0.25, 0.3) is 0 Å². The van der Waals surface area contributed by atoms with Crippen LogP contribution in [0.1, 0.15) is 6.92 Å². The van der Waals surface area contributed by atoms with Gasteiger partial charge in [0.15, 0.2) is 5.52 Å². The van der Waals surface area contributed by atoms with Gasteiger partial charge in [0, 0.05) is 18.8 Å². The second-order valence-corrected chi connectivity index (χ2v) is 2.57. The maximum atomic E-state index is 11.2. The lowest BCUT2D eigenvalue weighted by atomic mass is 10.4. The first-order chi connectivity index (χ1) is 5.83. The van der Waals surface area contributed by atoms with Crippen molar-refractivity contribution < 1.29 is 0 Å². The van der Waals surface area contributed by atoms with E-state index in [0.717, 1.165) is 12.2 Å². The third-order valence-corrected chi connectivity index (χ3v) is 1.87. The average molecular weight is 163 g/mol. The molecule has 1 N–H and O–H groups in total. The first-order valence-corrected chi connectivity index (χ1v) is 3.85. The number of fused-ring (bicyclic) bond motifs is 1. The number of aromatic amines is 1. The van der Waals surface area contributed by atoms with Crippen molar-refractivity contribution in [2.24, 2.45) is 0 Å². The molecule has 0 atom stereocenters. The molecule has 2 heterocycles. The van der Waals surface area contributed by atoms with E-state index in [0.29, 0.717) is 5.52 Å². The summed E-state index contributed by atoms with van der Waals surface area (Å²) in [6, 6.07) is 1.48. The van der Waals surface area contributed by atoms with Crippen molar-refractivity contribution in [3.63, 3.8) is 0 Å². The lowest BCUT2D eigenvalue weighted by Gasteiger charge is -1.96. The third kappa shape index (κ3) is 0.845. The summed E-state index contributed by atoms with van der Waals surface area (Å²) < 4.78 is 1.90. The zero-order valence-corrected chi connectivity index (χ0v) is 6.74. The first-order valence-electron chi connectivity index (χ1n) is 3.85. The molecule has 0 radical (unpaired) electrons. The molecular weight excluding hydrogens is 154 g/mol. The highest BCUT2D eigenvalue weighted by molar-refractivity contribution is 5.69. The number of aromatic nitrogens is 3. The summed E-state index contributed by atoms with van der Waals surface area (Å²) in [5.74, 6) is 0. The molecule has 0 fully saturated rings. The Balaban J connectivity index is 2.89. The van der Waals surface area contributed by atoms with Gasteiger partial charge >= 0.3 is 0 Å². The molecule has 12 heavy (non-hydrogen) atoms. The van der Waals surface area contributed by atoms with Crippen molar-refractivity contribution in [1.82, 2.24) is 14.5 Å². The fraction of sp³-hybridized carbons (Fsp3) is 0.250. The molecule has 2 aromatic heterocycles. The Labute approximate surface area is 68.9 Å². The number of rotatable bonds is 1. The van der Waals surface area contributed by atoms with Crippen LogP contribution < -0.4 is 5.43 Å². The van der Waals surface area contributed by atoms with Gasteiger partial charge in [-0.05, 0) is 6.92 Å². The molecule has 0 saturated carbocycles. The van der Waals surface area contributed by atoms with Crippen LogP contribution in [0.2, 0.25) is 0 Å². The number of aryl methyl sites for hydroxylation is 1. The molecule has 62 valence electrons. The van der Waals surface area contributed by atoms with Crippen molar-refractivity contribution in [3.8, 4) is 0 Å². The molecule has 0 bridgehead atoms. The average Bonchev–Trinajstić information content (AvgIpc) is 2.49. The Hall–Kier alpha value is -1.58. The van der Waals surface area contributed by atoms with Gasteiger partial charge in [-0.1, -0.05) is 0 Å². The molecule has 4 heteroatoms. The predicted molar refractivity (Wildman–Crippen MR) is 46.0 cm³/mol. The van der Waals surface area contributed by atoms with E-state index in [1.54, 1.807) is 12.5 Å². The van der Waals surface area contributed by atoms with E-state index in [1.165, 1.54) is 6.07 Å². The highest BCUT2D eigenvalue weighted by Crippen LogP contribution is 2.03. The SMILES string of the molecule is CCn1cnc2c(=O)cc[nH]c21. The molecule has 0 amide bonds. The second kappa shape index (κ2) is 2.48. The number of hydrogen-bond donors (Lipinski definition) is 1. The number of hydrogen-bond acceptors (Lipinski definition) is 2. The van der Waals surface area contributed by atoms with E-state index < -0.39 is 0 Å². The van der Waals surface area contributed by atoms with Crippen molar-refractivity contribution in [1.29, 1.82) is 0 Å². The smallest absolute Gasteiger partial charge is 0.209 e. The maximum absolute atomic E-state index is 11.2. The third-order valence-electron chi connectivity index (χ3n) is 1.87. The van der Waals surface area contributed by atoms with Crippen LogP contribution in [0.15, 0.2) is 23.4 Å². The lowest BCUT2D eigenvalue weighted by Crippen LogP contribution is -2.01. The minimum Gasteiger partial charge on any atom is -0.346 e. The molecule has 0 unspecified atom stereocenters. The van der Waals surface area contributed by atoms with Crippen LogP contribution in [0.3, 0.4) is 0 Å². The molecule has 4 nitrogen and oxygen atoms in total. The normalized spacial score (nSPS) is 10.8. The van der Waals surface area contributed by atoms with Crippen LogP contribution >= 0.6 is 0 Å². The van der Waals surface area contributed by atoms with E-state index in [4.69, 9.17) is 0 Å². The van der Waals surface area contributed by atoms with Gasteiger partial charge < -0.3 is 9.55 Å². The lowest BCUT2D eigenvalue weighted by molar-refractivity contribution is 0.778. The van der Waals surface area contributed by atoms with E-state index in [2.05, 4.69) is 9.97 Å². The number of imidazole rings is 1. The fourth-order valence-corrected chi connectivity index (χ4v) is 1.23. The minimum absolute atomic E-state index is 0.0315. The molecule has 0 spiro atoms. The van der Waals surface area contributed by atoms with Crippen LogP contribution in [0.25, 0.3) is 11.2 Å². The van der Waals surface area contributed by atoms with Crippen LogP contribution in [0.4, 0.5) is 0 Å². The van der Waals surface area contributed by atoms with Crippen LogP contribution in [0, 0.1) is 0 Å². The second-order valence-electron chi connectivity index (χ2n) is 2.57. The van der Waals surface area contributed by atoms with Crippen molar-refractivity contribution >= 4 is 11.2 Å². The van der Waals surface area contributed by atoms with Gasteiger partial charge in [-0.3, -0.25) is 4.79 Å². The quantitative estimate of drug-likeness (QED) is 0.674. The fourth-order valence-electron chi connectivity index (χ4n) is 1.23. The molecule has 0 aliphatic carbocycles. The van der Waals surface area contributed by atoms with Gasteiger partial charge in [-0.15, -0.1) is 0 Å². The monoisotopic (exact) mass is 163 g/mol. The Bertz CT molecular complexity index is 455. The number of nitrogens with zero attached hydrogens (tertiary/aromatic N) is 2. The summed E-state index contributed by atoms with van der Waals surface area (Å²) >= 11 is 0. The Morgan fingerprint density at radius 1 is 1.67 bits per heavy atom. The van der Waals surface area contributed by atoms with Gasteiger partial charge in [-0.2, -0.15) is 0 Å². The highest BCUT2D eigenvalue weighted by atomic mass is 16.1. The largest absolute Gasteiger partial charge is 0.346 e. The zero-order chi connectivity index (χ0) is 8.55. The summed E-state index contributed by atoms with van der Waals surface area (Å²) in [6.45, 7) is 2.82. The van der Waals surface area contributed by atoms with Crippen LogP contribution in [-0.2, 0) is 6.54 Å². The summed E-state index contributed by atoms with van der Waals surface area (Å²) in [6.07, 6.45) is 3.31. The van der Waals surface area contributed by atoms with Crippen molar-refractivity contribution in [3.05, 3.63) is 28.8 Å². The summed E-state index contributed by atoms with van der Waals surface area (Å²) in [4.78, 5) is 18.2.